The van der Waals surface area contributed by atoms with Gasteiger partial charge in [-0.25, -0.2) is 0 Å². The van der Waals surface area contributed by atoms with Gasteiger partial charge in [0.05, 0.1) is 4.92 Å². The van der Waals surface area contributed by atoms with Crippen molar-refractivity contribution in [1.82, 2.24) is 5.32 Å². The van der Waals surface area contributed by atoms with Gasteiger partial charge in [0, 0.05) is 18.0 Å². The van der Waals surface area contributed by atoms with Gasteiger partial charge in [0.15, 0.2) is 0 Å². The molecule has 0 bridgehead atoms. The number of rotatable bonds is 5. The molecule has 0 spiro atoms. The number of hydrogen-bond acceptors (Lipinski definition) is 3. The van der Waals surface area contributed by atoms with E-state index in [1.54, 1.807) is 19.1 Å². The summed E-state index contributed by atoms with van der Waals surface area (Å²) in [4.78, 5) is 22.8. The van der Waals surface area contributed by atoms with Gasteiger partial charge in [0.2, 0.25) is 0 Å². The molecule has 114 valence electrons. The van der Waals surface area contributed by atoms with E-state index in [-0.39, 0.29) is 17.2 Å². The van der Waals surface area contributed by atoms with Crippen molar-refractivity contribution in [2.24, 2.45) is 11.8 Å². The highest BCUT2D eigenvalue weighted by molar-refractivity contribution is 6.18. The second-order valence-corrected chi connectivity index (χ2v) is 5.85. The van der Waals surface area contributed by atoms with E-state index < -0.39 is 4.92 Å². The van der Waals surface area contributed by atoms with Crippen LogP contribution in [-0.4, -0.2) is 23.3 Å². The van der Waals surface area contributed by atoms with Crippen LogP contribution in [-0.2, 0) is 0 Å². The largest absolute Gasteiger partial charge is 0.352 e. The molecular weight excluding hydrogens is 292 g/mol. The van der Waals surface area contributed by atoms with Gasteiger partial charge in [-0.15, -0.1) is 11.6 Å². The number of carbonyl (C=O) groups excluding carboxylic acids is 1. The summed E-state index contributed by atoms with van der Waals surface area (Å²) in [5, 5.41) is 13.9. The van der Waals surface area contributed by atoms with Gasteiger partial charge >= 0.3 is 0 Å². The Kier molecular flexibility index (Phi) is 5.17. The number of alkyl halides is 1. The minimum Gasteiger partial charge on any atom is -0.352 e. The number of halogens is 1. The fourth-order valence-corrected chi connectivity index (χ4v) is 3.40. The monoisotopic (exact) mass is 310 g/mol. The van der Waals surface area contributed by atoms with Crippen molar-refractivity contribution in [3.05, 3.63) is 39.4 Å². The summed E-state index contributed by atoms with van der Waals surface area (Å²) in [6.07, 6.45) is 3.27. The maximum Gasteiger partial charge on any atom is 0.285 e. The standard InChI is InChI=1S/C15H19ClN2O3/c1-10-4-2-7-13(14(10)18(20)21)15(19)17-9-12-6-3-5-11(12)8-16/h2,4,7,11-12H,3,5-6,8-9H2,1H3,(H,17,19). The fourth-order valence-electron chi connectivity index (χ4n) is 2.99. The topological polar surface area (TPSA) is 72.2 Å². The highest BCUT2D eigenvalue weighted by Crippen LogP contribution is 2.32. The molecule has 2 atom stereocenters. The molecule has 0 aromatic heterocycles. The minimum atomic E-state index is -0.499. The van der Waals surface area contributed by atoms with E-state index in [9.17, 15) is 14.9 Å². The summed E-state index contributed by atoms with van der Waals surface area (Å²) in [7, 11) is 0. The second kappa shape index (κ2) is 6.89. The van der Waals surface area contributed by atoms with Crippen molar-refractivity contribution in [1.29, 1.82) is 0 Å². The maximum atomic E-state index is 12.2. The third-order valence-electron chi connectivity index (χ3n) is 4.20. The summed E-state index contributed by atoms with van der Waals surface area (Å²) in [6.45, 7) is 2.16. The molecule has 5 nitrogen and oxygen atoms in total. The van der Waals surface area contributed by atoms with E-state index >= 15 is 0 Å². The van der Waals surface area contributed by atoms with Gasteiger partial charge in [0.25, 0.3) is 11.6 Å². The number of benzene rings is 1. The van der Waals surface area contributed by atoms with Crippen LogP contribution < -0.4 is 5.32 Å². The summed E-state index contributed by atoms with van der Waals surface area (Å²) in [6, 6.07) is 4.79. The van der Waals surface area contributed by atoms with Crippen molar-refractivity contribution in [3.8, 4) is 0 Å². The molecule has 0 saturated heterocycles. The zero-order valence-electron chi connectivity index (χ0n) is 12.0. The average molecular weight is 311 g/mol. The number of hydrogen-bond donors (Lipinski definition) is 1. The van der Waals surface area contributed by atoms with Gasteiger partial charge in [-0.05, 0) is 37.7 Å². The first-order valence-corrected chi connectivity index (χ1v) is 7.66. The lowest BCUT2D eigenvalue weighted by molar-refractivity contribution is -0.385. The predicted octanol–water partition coefficient (Wildman–Crippen LogP) is 3.29. The maximum absolute atomic E-state index is 12.2. The molecule has 1 N–H and O–H groups in total. The highest BCUT2D eigenvalue weighted by Gasteiger charge is 2.28. The molecule has 0 heterocycles. The Labute approximate surface area is 128 Å². The lowest BCUT2D eigenvalue weighted by Crippen LogP contribution is -2.31. The second-order valence-electron chi connectivity index (χ2n) is 5.54. The van der Waals surface area contributed by atoms with Crippen LogP contribution in [0.2, 0.25) is 0 Å². The van der Waals surface area contributed by atoms with Gasteiger partial charge in [-0.2, -0.15) is 0 Å². The number of nitrogens with one attached hydrogen (secondary N) is 1. The van der Waals surface area contributed by atoms with Crippen molar-refractivity contribution in [3.63, 3.8) is 0 Å². The molecule has 1 saturated carbocycles. The Morgan fingerprint density at radius 3 is 2.81 bits per heavy atom. The number of para-hydroxylation sites is 1. The third-order valence-corrected chi connectivity index (χ3v) is 4.60. The zero-order valence-corrected chi connectivity index (χ0v) is 12.7. The highest BCUT2D eigenvalue weighted by atomic mass is 35.5. The van der Waals surface area contributed by atoms with E-state index in [0.717, 1.165) is 19.3 Å². The van der Waals surface area contributed by atoms with Crippen LogP contribution in [0.3, 0.4) is 0 Å². The van der Waals surface area contributed by atoms with E-state index in [2.05, 4.69) is 5.32 Å². The Bertz CT molecular complexity index is 548. The van der Waals surface area contributed by atoms with Crippen LogP contribution in [0.1, 0.15) is 35.2 Å². The van der Waals surface area contributed by atoms with Gasteiger partial charge in [-0.1, -0.05) is 18.6 Å². The van der Waals surface area contributed by atoms with Crippen LogP contribution in [0.5, 0.6) is 0 Å². The molecule has 0 radical (unpaired) electrons. The summed E-state index contributed by atoms with van der Waals surface area (Å²) in [5.41, 5.74) is 0.503. The lowest BCUT2D eigenvalue weighted by Gasteiger charge is -2.17. The van der Waals surface area contributed by atoms with Crippen molar-refractivity contribution >= 4 is 23.2 Å². The molecule has 0 aliphatic heterocycles. The van der Waals surface area contributed by atoms with Gasteiger partial charge < -0.3 is 5.32 Å². The molecule has 1 amide bonds. The Hall–Kier alpha value is -1.62. The summed E-state index contributed by atoms with van der Waals surface area (Å²) >= 11 is 5.92. The molecular formula is C15H19ClN2O3. The zero-order chi connectivity index (χ0) is 15.4. The van der Waals surface area contributed by atoms with Crippen LogP contribution >= 0.6 is 11.6 Å². The normalized spacial score (nSPS) is 21.2. The minimum absolute atomic E-state index is 0.115. The van der Waals surface area contributed by atoms with E-state index in [4.69, 9.17) is 11.6 Å². The Morgan fingerprint density at radius 1 is 1.43 bits per heavy atom. The molecule has 21 heavy (non-hydrogen) atoms. The average Bonchev–Trinajstić information content (AvgIpc) is 2.91. The smallest absolute Gasteiger partial charge is 0.285 e. The van der Waals surface area contributed by atoms with Crippen LogP contribution in [0.4, 0.5) is 5.69 Å². The van der Waals surface area contributed by atoms with Gasteiger partial charge in [0.1, 0.15) is 5.56 Å². The van der Waals surface area contributed by atoms with Crippen LogP contribution in [0.15, 0.2) is 18.2 Å². The quantitative estimate of drug-likeness (QED) is 0.515. The van der Waals surface area contributed by atoms with Gasteiger partial charge in [-0.3, -0.25) is 14.9 Å². The third kappa shape index (κ3) is 3.53. The number of nitro benzene ring substituents is 1. The first-order chi connectivity index (χ1) is 10.0. The number of nitrogens with zero attached hydrogens (tertiary/aromatic N) is 1. The molecule has 1 aliphatic carbocycles. The molecule has 1 fully saturated rings. The van der Waals surface area contributed by atoms with E-state index in [1.807, 2.05) is 0 Å². The summed E-state index contributed by atoms with van der Waals surface area (Å²) in [5.74, 6) is 1.02. The molecule has 1 aromatic carbocycles. The van der Waals surface area contributed by atoms with Crippen molar-refractivity contribution < 1.29 is 9.72 Å². The molecule has 2 unspecified atom stereocenters. The first-order valence-electron chi connectivity index (χ1n) is 7.12. The fraction of sp³-hybridized carbons (Fsp3) is 0.533. The molecule has 1 aliphatic rings. The van der Waals surface area contributed by atoms with E-state index in [1.165, 1.54) is 6.07 Å². The Balaban J connectivity index is 2.07. The Morgan fingerprint density at radius 2 is 2.14 bits per heavy atom. The summed E-state index contributed by atoms with van der Waals surface area (Å²) < 4.78 is 0. The number of nitro groups is 1. The SMILES string of the molecule is Cc1cccc(C(=O)NCC2CCCC2CCl)c1[N+](=O)[O-]. The van der Waals surface area contributed by atoms with Crippen molar-refractivity contribution in [2.45, 2.75) is 26.2 Å². The molecule has 2 rings (SSSR count). The van der Waals surface area contributed by atoms with Crippen LogP contribution in [0, 0.1) is 28.9 Å². The lowest BCUT2D eigenvalue weighted by atomic mass is 9.98. The van der Waals surface area contributed by atoms with E-state index in [0.29, 0.717) is 29.8 Å². The first kappa shape index (κ1) is 15.8. The predicted molar refractivity (Wildman–Crippen MR) is 81.7 cm³/mol. The van der Waals surface area contributed by atoms with Crippen LogP contribution in [0.25, 0.3) is 0 Å². The number of aryl methyl sites for hydroxylation is 1. The number of carbonyl (C=O) groups is 1. The number of amides is 1. The molecule has 6 heteroatoms. The molecule has 1 aromatic rings. The van der Waals surface area contributed by atoms with Crippen molar-refractivity contribution in [2.75, 3.05) is 12.4 Å².